The molecule has 0 bridgehead atoms. The van der Waals surface area contributed by atoms with Gasteiger partial charge >= 0.3 is 0 Å². The minimum absolute atomic E-state index is 0. The molecule has 56 valence electrons. The van der Waals surface area contributed by atoms with Gasteiger partial charge in [-0.1, -0.05) is 11.6 Å². The lowest BCUT2D eigenvalue weighted by molar-refractivity contribution is 1.27. The fourth-order valence-electron chi connectivity index (χ4n) is 0.494. The molecular formula is C5H7Cl2N3. The van der Waals surface area contributed by atoms with Gasteiger partial charge < -0.3 is 5.43 Å². The van der Waals surface area contributed by atoms with Crippen molar-refractivity contribution in [2.24, 2.45) is 5.84 Å². The van der Waals surface area contributed by atoms with Crippen LogP contribution in [0.25, 0.3) is 0 Å². The summed E-state index contributed by atoms with van der Waals surface area (Å²) in [6.45, 7) is 0. The fraction of sp³-hybridized carbons (Fsp3) is 0. The molecule has 0 radical (unpaired) electrons. The minimum Gasteiger partial charge on any atom is -0.321 e. The Hall–Kier alpha value is -0.510. The normalized spacial score (nSPS) is 8.20. The van der Waals surface area contributed by atoms with E-state index < -0.39 is 0 Å². The van der Waals surface area contributed by atoms with Crippen molar-refractivity contribution in [3.63, 3.8) is 0 Å². The number of hydrogen-bond acceptors (Lipinski definition) is 3. The van der Waals surface area contributed by atoms with E-state index in [1.165, 1.54) is 0 Å². The van der Waals surface area contributed by atoms with E-state index in [0.29, 0.717) is 10.8 Å². The molecule has 10 heavy (non-hydrogen) atoms. The first kappa shape index (κ1) is 9.49. The highest BCUT2D eigenvalue weighted by Crippen LogP contribution is 2.14. The predicted octanol–water partition coefficient (Wildman–Crippen LogP) is 1.44. The van der Waals surface area contributed by atoms with Crippen molar-refractivity contribution in [3.8, 4) is 0 Å². The van der Waals surface area contributed by atoms with Crippen LogP contribution in [0.4, 0.5) is 5.69 Å². The Labute approximate surface area is 70.0 Å². The number of pyridine rings is 1. The van der Waals surface area contributed by atoms with Gasteiger partial charge in [0.1, 0.15) is 0 Å². The summed E-state index contributed by atoms with van der Waals surface area (Å²) in [4.78, 5) is 3.77. The molecule has 0 aliphatic carbocycles. The first-order valence-corrected chi connectivity index (χ1v) is 2.79. The lowest BCUT2D eigenvalue weighted by atomic mass is 10.4. The van der Waals surface area contributed by atoms with Crippen molar-refractivity contribution in [1.29, 1.82) is 0 Å². The van der Waals surface area contributed by atoms with Crippen LogP contribution in [0.15, 0.2) is 18.3 Å². The molecule has 0 amide bonds. The second kappa shape index (κ2) is 4.33. The SMILES string of the molecule is Cl.NNc1cccnc1Cl. The molecule has 0 unspecified atom stereocenters. The van der Waals surface area contributed by atoms with Gasteiger partial charge in [0.2, 0.25) is 0 Å². The molecule has 1 aromatic heterocycles. The van der Waals surface area contributed by atoms with Gasteiger partial charge in [0.15, 0.2) is 5.15 Å². The highest BCUT2D eigenvalue weighted by Gasteiger charge is 1.93. The van der Waals surface area contributed by atoms with E-state index >= 15 is 0 Å². The maximum atomic E-state index is 5.57. The highest BCUT2D eigenvalue weighted by atomic mass is 35.5. The van der Waals surface area contributed by atoms with E-state index in [0.717, 1.165) is 0 Å². The summed E-state index contributed by atoms with van der Waals surface area (Å²) in [5.74, 6) is 5.08. The molecule has 0 saturated heterocycles. The molecular weight excluding hydrogens is 173 g/mol. The Balaban J connectivity index is 0.000000810. The van der Waals surface area contributed by atoms with Gasteiger partial charge in [-0.3, -0.25) is 5.84 Å². The number of nitrogens with one attached hydrogen (secondary N) is 1. The fourth-order valence-corrected chi connectivity index (χ4v) is 0.668. The number of hydrazine groups is 1. The number of nitrogens with zero attached hydrogens (tertiary/aromatic N) is 1. The lowest BCUT2D eigenvalue weighted by Gasteiger charge is -1.98. The zero-order chi connectivity index (χ0) is 6.69. The standard InChI is InChI=1S/C5H6ClN3.ClH/c6-5-4(9-7)2-1-3-8-5;/h1-3,9H,7H2;1H. The molecule has 0 aliphatic heterocycles. The van der Waals surface area contributed by atoms with Crippen LogP contribution in [-0.4, -0.2) is 4.98 Å². The van der Waals surface area contributed by atoms with Gasteiger partial charge in [-0.05, 0) is 12.1 Å². The zero-order valence-corrected chi connectivity index (χ0v) is 6.62. The number of nitrogens with two attached hydrogens (primary N) is 1. The van der Waals surface area contributed by atoms with Crippen LogP contribution < -0.4 is 11.3 Å². The molecule has 0 fully saturated rings. The van der Waals surface area contributed by atoms with Crippen molar-refractivity contribution >= 4 is 29.7 Å². The summed E-state index contributed by atoms with van der Waals surface area (Å²) in [6, 6.07) is 3.50. The molecule has 3 N–H and O–H groups in total. The van der Waals surface area contributed by atoms with Crippen molar-refractivity contribution in [2.45, 2.75) is 0 Å². The van der Waals surface area contributed by atoms with Crippen molar-refractivity contribution in [2.75, 3.05) is 5.43 Å². The van der Waals surface area contributed by atoms with Gasteiger partial charge in [-0.25, -0.2) is 4.98 Å². The molecule has 0 saturated carbocycles. The lowest BCUT2D eigenvalue weighted by Crippen LogP contribution is -2.07. The Morgan fingerprint density at radius 3 is 2.70 bits per heavy atom. The second-order valence-electron chi connectivity index (χ2n) is 1.49. The number of hydrogen-bond donors (Lipinski definition) is 2. The quantitative estimate of drug-likeness (QED) is 0.390. The summed E-state index contributed by atoms with van der Waals surface area (Å²) in [5.41, 5.74) is 3.04. The van der Waals surface area contributed by atoms with E-state index in [1.807, 2.05) is 0 Å². The van der Waals surface area contributed by atoms with Gasteiger partial charge in [0.25, 0.3) is 0 Å². The van der Waals surface area contributed by atoms with E-state index in [9.17, 15) is 0 Å². The molecule has 0 aliphatic rings. The van der Waals surface area contributed by atoms with Crippen molar-refractivity contribution < 1.29 is 0 Å². The van der Waals surface area contributed by atoms with E-state index in [4.69, 9.17) is 17.4 Å². The number of rotatable bonds is 1. The van der Waals surface area contributed by atoms with Crippen LogP contribution in [0.3, 0.4) is 0 Å². The van der Waals surface area contributed by atoms with Crippen LogP contribution in [0.2, 0.25) is 5.15 Å². The first-order chi connectivity index (χ1) is 4.34. The van der Waals surface area contributed by atoms with Crippen LogP contribution in [0.5, 0.6) is 0 Å². The maximum absolute atomic E-state index is 5.57. The predicted molar refractivity (Wildman–Crippen MR) is 44.3 cm³/mol. The molecule has 1 aromatic rings. The molecule has 1 rings (SSSR count). The van der Waals surface area contributed by atoms with E-state index in [1.54, 1.807) is 18.3 Å². The first-order valence-electron chi connectivity index (χ1n) is 2.41. The highest BCUT2D eigenvalue weighted by molar-refractivity contribution is 6.31. The molecule has 0 atom stereocenters. The Bertz CT molecular complexity index is 204. The number of aromatic nitrogens is 1. The van der Waals surface area contributed by atoms with E-state index in [-0.39, 0.29) is 12.4 Å². The monoisotopic (exact) mass is 179 g/mol. The molecule has 1 heterocycles. The summed E-state index contributed by atoms with van der Waals surface area (Å²) in [5, 5.41) is 0.389. The summed E-state index contributed by atoms with van der Waals surface area (Å²) in [6.07, 6.45) is 1.60. The maximum Gasteiger partial charge on any atom is 0.153 e. The number of nitrogen functional groups attached to an aromatic ring is 1. The average molecular weight is 180 g/mol. The van der Waals surface area contributed by atoms with Gasteiger partial charge in [-0.15, -0.1) is 12.4 Å². The molecule has 0 aromatic carbocycles. The topological polar surface area (TPSA) is 50.9 Å². The Morgan fingerprint density at radius 1 is 1.60 bits per heavy atom. The number of anilines is 1. The van der Waals surface area contributed by atoms with Gasteiger partial charge in [0.05, 0.1) is 5.69 Å². The Kier molecular flexibility index (Phi) is 4.11. The number of halogens is 2. The summed E-state index contributed by atoms with van der Waals surface area (Å²) >= 11 is 5.57. The molecule has 0 spiro atoms. The largest absolute Gasteiger partial charge is 0.321 e. The third-order valence-electron chi connectivity index (χ3n) is 0.915. The molecule has 3 nitrogen and oxygen atoms in total. The van der Waals surface area contributed by atoms with Crippen LogP contribution in [0.1, 0.15) is 0 Å². The Morgan fingerprint density at radius 2 is 2.30 bits per heavy atom. The summed E-state index contributed by atoms with van der Waals surface area (Å²) < 4.78 is 0. The smallest absolute Gasteiger partial charge is 0.153 e. The molecule has 5 heteroatoms. The minimum atomic E-state index is 0. The van der Waals surface area contributed by atoms with Gasteiger partial charge in [0, 0.05) is 6.20 Å². The van der Waals surface area contributed by atoms with Crippen LogP contribution in [0, 0.1) is 0 Å². The van der Waals surface area contributed by atoms with E-state index in [2.05, 4.69) is 10.4 Å². The zero-order valence-electron chi connectivity index (χ0n) is 5.04. The second-order valence-corrected chi connectivity index (χ2v) is 1.84. The third-order valence-corrected chi connectivity index (χ3v) is 1.22. The van der Waals surface area contributed by atoms with Crippen LogP contribution >= 0.6 is 24.0 Å². The average Bonchev–Trinajstić information content (AvgIpc) is 1.89. The summed E-state index contributed by atoms with van der Waals surface area (Å²) in [7, 11) is 0. The third kappa shape index (κ3) is 2.02. The van der Waals surface area contributed by atoms with Crippen molar-refractivity contribution in [1.82, 2.24) is 4.98 Å². The van der Waals surface area contributed by atoms with Crippen molar-refractivity contribution in [3.05, 3.63) is 23.5 Å². The van der Waals surface area contributed by atoms with Crippen LogP contribution in [-0.2, 0) is 0 Å². The van der Waals surface area contributed by atoms with Gasteiger partial charge in [-0.2, -0.15) is 0 Å².